The molecule has 0 bridgehead atoms. The second kappa shape index (κ2) is 5.56. The van der Waals surface area contributed by atoms with Crippen LogP contribution in [0.5, 0.6) is 5.75 Å². The van der Waals surface area contributed by atoms with Gasteiger partial charge in [-0.2, -0.15) is 5.10 Å². The number of ether oxygens (including phenoxy) is 1. The fraction of sp³-hybridized carbons (Fsp3) is 0.250. The summed E-state index contributed by atoms with van der Waals surface area (Å²) in [7, 11) is 1.72. The van der Waals surface area contributed by atoms with Crippen molar-refractivity contribution in [1.82, 2.24) is 9.78 Å². The van der Waals surface area contributed by atoms with Crippen LogP contribution >= 0.6 is 0 Å². The van der Waals surface area contributed by atoms with Crippen LogP contribution in [-0.4, -0.2) is 23.4 Å². The molecule has 0 aliphatic heterocycles. The molecular weight excluding hydrogens is 275 g/mol. The van der Waals surface area contributed by atoms with Gasteiger partial charge in [0.05, 0.1) is 12.4 Å². The Hall–Kier alpha value is -1.99. The number of hydrogen-bond acceptors (Lipinski definition) is 2. The summed E-state index contributed by atoms with van der Waals surface area (Å²) in [5.41, 5.74) is -0.100. The van der Waals surface area contributed by atoms with E-state index >= 15 is 0 Å². The van der Waals surface area contributed by atoms with Crippen molar-refractivity contribution in [2.24, 2.45) is 7.05 Å². The van der Waals surface area contributed by atoms with E-state index in [2.05, 4.69) is 5.10 Å². The largest absolute Gasteiger partial charge is 0.513 e. The standard InChI is InChI=1S/C12H12BF4N2O/c1-19-10(4-6-18-19)5-7-20-12-8-9(14)2-3-11(12)13(15,16)17/h2-4,6,8H,5,7H2,1H3/q-1. The molecule has 0 saturated carbocycles. The third-order valence-corrected chi connectivity index (χ3v) is 2.87. The van der Waals surface area contributed by atoms with Crippen LogP contribution in [0.3, 0.4) is 0 Å². The zero-order chi connectivity index (χ0) is 14.8. The topological polar surface area (TPSA) is 27.1 Å². The SMILES string of the molecule is Cn1nccc1CCOc1cc(F)ccc1[B-](F)(F)F. The number of nitrogens with zero attached hydrogens (tertiary/aromatic N) is 2. The summed E-state index contributed by atoms with van der Waals surface area (Å²) in [4.78, 5) is 0. The lowest BCUT2D eigenvalue weighted by Gasteiger charge is -2.19. The van der Waals surface area contributed by atoms with Crippen molar-refractivity contribution in [1.29, 1.82) is 0 Å². The zero-order valence-electron chi connectivity index (χ0n) is 10.7. The first-order chi connectivity index (χ1) is 9.38. The van der Waals surface area contributed by atoms with E-state index in [0.29, 0.717) is 12.5 Å². The first-order valence-electron chi connectivity index (χ1n) is 5.97. The van der Waals surface area contributed by atoms with Crippen molar-refractivity contribution in [3.8, 4) is 5.75 Å². The van der Waals surface area contributed by atoms with Crippen LogP contribution in [-0.2, 0) is 13.5 Å². The fourth-order valence-corrected chi connectivity index (χ4v) is 1.82. The van der Waals surface area contributed by atoms with Gasteiger partial charge in [-0.25, -0.2) is 4.39 Å². The number of halogens is 4. The molecule has 0 aliphatic carbocycles. The highest BCUT2D eigenvalue weighted by Gasteiger charge is 2.29. The van der Waals surface area contributed by atoms with Gasteiger partial charge in [0.2, 0.25) is 0 Å². The summed E-state index contributed by atoms with van der Waals surface area (Å²) in [6.45, 7) is -5.22. The summed E-state index contributed by atoms with van der Waals surface area (Å²) >= 11 is 0. The summed E-state index contributed by atoms with van der Waals surface area (Å²) in [5, 5.41) is 3.94. The molecule has 0 spiro atoms. The molecule has 8 heteroatoms. The number of aryl methyl sites for hydroxylation is 1. The highest BCUT2D eigenvalue weighted by atomic mass is 19.4. The van der Waals surface area contributed by atoms with Gasteiger partial charge >= 0.3 is 6.98 Å². The van der Waals surface area contributed by atoms with Gasteiger partial charge in [-0.1, -0.05) is 11.5 Å². The average molecular weight is 287 g/mol. The molecule has 0 fully saturated rings. The van der Waals surface area contributed by atoms with Crippen molar-refractivity contribution in [2.45, 2.75) is 6.42 Å². The van der Waals surface area contributed by atoms with Crippen molar-refractivity contribution >= 4 is 12.4 Å². The molecule has 0 N–H and O–H groups in total. The Balaban J connectivity index is 2.09. The van der Waals surface area contributed by atoms with E-state index in [4.69, 9.17) is 4.74 Å². The summed E-state index contributed by atoms with van der Waals surface area (Å²) in [5.74, 6) is -1.23. The van der Waals surface area contributed by atoms with Gasteiger partial charge in [0.1, 0.15) is 5.82 Å². The first-order valence-corrected chi connectivity index (χ1v) is 5.97. The highest BCUT2D eigenvalue weighted by Crippen LogP contribution is 2.19. The Morgan fingerprint density at radius 2 is 2.00 bits per heavy atom. The minimum absolute atomic E-state index is 0.0160. The Labute approximate surface area is 113 Å². The van der Waals surface area contributed by atoms with Crippen molar-refractivity contribution in [3.05, 3.63) is 42.0 Å². The number of aromatic nitrogens is 2. The van der Waals surface area contributed by atoms with E-state index in [1.54, 1.807) is 24.0 Å². The molecule has 0 amide bonds. The molecule has 0 saturated heterocycles. The fourth-order valence-electron chi connectivity index (χ4n) is 1.82. The molecule has 20 heavy (non-hydrogen) atoms. The maximum atomic E-state index is 13.0. The Morgan fingerprint density at radius 1 is 1.25 bits per heavy atom. The van der Waals surface area contributed by atoms with E-state index in [1.165, 1.54) is 0 Å². The van der Waals surface area contributed by atoms with Gasteiger partial charge in [0, 0.05) is 31.4 Å². The molecule has 0 atom stereocenters. The van der Waals surface area contributed by atoms with Crippen LogP contribution in [0.2, 0.25) is 0 Å². The van der Waals surface area contributed by atoms with Gasteiger partial charge in [0.25, 0.3) is 0 Å². The predicted octanol–water partition coefficient (Wildman–Crippen LogP) is 2.24. The summed E-state index contributed by atoms with van der Waals surface area (Å²) in [6.07, 6.45) is 1.97. The Kier molecular flexibility index (Phi) is 4.01. The van der Waals surface area contributed by atoms with Crippen LogP contribution in [0.25, 0.3) is 0 Å². The third kappa shape index (κ3) is 3.31. The smallest absolute Gasteiger partial charge is 0.496 e. The third-order valence-electron chi connectivity index (χ3n) is 2.87. The molecule has 1 heterocycles. The summed E-state index contributed by atoms with van der Waals surface area (Å²) < 4.78 is 58.1. The number of benzene rings is 1. The molecule has 0 aliphatic rings. The van der Waals surface area contributed by atoms with E-state index in [1.807, 2.05) is 0 Å². The lowest BCUT2D eigenvalue weighted by molar-refractivity contribution is 0.317. The summed E-state index contributed by atoms with van der Waals surface area (Å²) in [6, 6.07) is 3.98. The molecule has 0 unspecified atom stereocenters. The molecule has 2 aromatic rings. The molecule has 1 aromatic heterocycles. The maximum absolute atomic E-state index is 13.0. The molecule has 108 valence electrons. The van der Waals surface area contributed by atoms with E-state index in [0.717, 1.165) is 17.8 Å². The van der Waals surface area contributed by atoms with Crippen LogP contribution in [0.4, 0.5) is 17.3 Å². The number of rotatable bonds is 5. The lowest BCUT2D eigenvalue weighted by atomic mass is 9.79. The first kappa shape index (κ1) is 14.4. The van der Waals surface area contributed by atoms with Crippen LogP contribution in [0.15, 0.2) is 30.5 Å². The minimum atomic E-state index is -5.23. The maximum Gasteiger partial charge on any atom is 0.513 e. The Morgan fingerprint density at radius 3 is 2.60 bits per heavy atom. The molecule has 1 aromatic carbocycles. The van der Waals surface area contributed by atoms with Crippen LogP contribution in [0.1, 0.15) is 5.69 Å². The molecule has 2 rings (SSSR count). The van der Waals surface area contributed by atoms with Gasteiger partial charge < -0.3 is 17.7 Å². The van der Waals surface area contributed by atoms with Crippen molar-refractivity contribution < 1.29 is 22.1 Å². The zero-order valence-corrected chi connectivity index (χ0v) is 10.7. The van der Waals surface area contributed by atoms with Gasteiger partial charge in [-0.15, -0.1) is 0 Å². The second-order valence-electron chi connectivity index (χ2n) is 4.30. The van der Waals surface area contributed by atoms with Gasteiger partial charge in [0.15, 0.2) is 0 Å². The lowest BCUT2D eigenvalue weighted by Crippen LogP contribution is -2.35. The van der Waals surface area contributed by atoms with E-state index < -0.39 is 24.0 Å². The monoisotopic (exact) mass is 287 g/mol. The van der Waals surface area contributed by atoms with Crippen molar-refractivity contribution in [3.63, 3.8) is 0 Å². The molecular formula is C12H12BF4N2O-. The predicted molar refractivity (Wildman–Crippen MR) is 67.5 cm³/mol. The average Bonchev–Trinajstić information content (AvgIpc) is 2.74. The van der Waals surface area contributed by atoms with E-state index in [9.17, 15) is 17.3 Å². The second-order valence-corrected chi connectivity index (χ2v) is 4.30. The highest BCUT2D eigenvalue weighted by molar-refractivity contribution is 6.74. The number of hydrogen-bond donors (Lipinski definition) is 0. The normalized spacial score (nSPS) is 11.7. The van der Waals surface area contributed by atoms with Gasteiger partial charge in [-0.05, 0) is 12.1 Å². The van der Waals surface area contributed by atoms with Crippen LogP contribution < -0.4 is 10.2 Å². The van der Waals surface area contributed by atoms with Crippen molar-refractivity contribution in [2.75, 3.05) is 6.61 Å². The molecule has 0 radical (unpaired) electrons. The quantitative estimate of drug-likeness (QED) is 0.623. The minimum Gasteiger partial charge on any atom is -0.496 e. The van der Waals surface area contributed by atoms with Gasteiger partial charge in [-0.3, -0.25) is 4.68 Å². The molecule has 3 nitrogen and oxygen atoms in total. The van der Waals surface area contributed by atoms with Crippen LogP contribution in [0, 0.1) is 5.82 Å². The van der Waals surface area contributed by atoms with E-state index in [-0.39, 0.29) is 6.61 Å². The Bertz CT molecular complexity index is 597.